The molecule has 0 radical (unpaired) electrons. The molecule has 1 N–H and O–H groups in total. The van der Waals surface area contributed by atoms with Crippen LogP contribution in [0.5, 0.6) is 11.5 Å². The van der Waals surface area contributed by atoms with Gasteiger partial charge in [-0.1, -0.05) is 0 Å². The van der Waals surface area contributed by atoms with Crippen molar-refractivity contribution in [3.8, 4) is 11.5 Å². The Morgan fingerprint density at radius 1 is 1.40 bits per heavy atom. The minimum absolute atomic E-state index is 0.134. The molecule has 1 amide bonds. The fourth-order valence-electron chi connectivity index (χ4n) is 2.66. The topological polar surface area (TPSA) is 59.9 Å². The van der Waals surface area contributed by atoms with Gasteiger partial charge in [0.15, 0.2) is 0 Å². The number of hydrogen-bond acceptors (Lipinski definition) is 4. The lowest BCUT2D eigenvalue weighted by Gasteiger charge is -2.09. The summed E-state index contributed by atoms with van der Waals surface area (Å²) < 4.78 is 24.3. The number of carbonyl (C=O) groups excluding carboxylic acids is 1. The Morgan fingerprint density at radius 2 is 2.16 bits per heavy atom. The van der Waals surface area contributed by atoms with Crippen LogP contribution in [-0.4, -0.2) is 24.8 Å². The zero-order valence-corrected chi connectivity index (χ0v) is 14.1. The van der Waals surface area contributed by atoms with E-state index in [0.29, 0.717) is 23.5 Å². The molecule has 0 bridgehead atoms. The van der Waals surface area contributed by atoms with E-state index in [2.05, 4.69) is 10.5 Å². The third kappa shape index (κ3) is 3.96. The van der Waals surface area contributed by atoms with Crippen LogP contribution in [0, 0.1) is 5.82 Å². The normalized spacial score (nSPS) is 15.7. The highest BCUT2D eigenvalue weighted by Gasteiger charge is 2.21. The van der Waals surface area contributed by atoms with Gasteiger partial charge in [-0.25, -0.2) is 9.82 Å². The highest BCUT2D eigenvalue weighted by atomic mass is 19.1. The molecule has 2 aromatic carbocycles. The van der Waals surface area contributed by atoms with Gasteiger partial charge in [-0.2, -0.15) is 5.10 Å². The minimum atomic E-state index is -0.416. The first-order valence-corrected chi connectivity index (χ1v) is 8.12. The number of ether oxygens (including phenoxy) is 2. The largest absolute Gasteiger partial charge is 0.493 e. The summed E-state index contributed by atoms with van der Waals surface area (Å²) in [5, 5.41) is 3.97. The number of benzene rings is 2. The number of rotatable bonds is 5. The number of hydrogen-bond donors (Lipinski definition) is 1. The van der Waals surface area contributed by atoms with Crippen LogP contribution in [0.25, 0.3) is 0 Å². The molecule has 0 aliphatic carbocycles. The minimum Gasteiger partial charge on any atom is -0.493 e. The highest BCUT2D eigenvalue weighted by Crippen LogP contribution is 2.34. The molecule has 0 aromatic heterocycles. The summed E-state index contributed by atoms with van der Waals surface area (Å²) in [6, 6.07) is 9.06. The SMILES string of the molecule is CCOc1cc2c(cc1/C=N\NC(=O)c1ccc(F)cc1)O[C@H](C)C2. The van der Waals surface area contributed by atoms with Crippen molar-refractivity contribution < 1.29 is 18.7 Å². The van der Waals surface area contributed by atoms with Crippen molar-refractivity contribution >= 4 is 12.1 Å². The van der Waals surface area contributed by atoms with Gasteiger partial charge < -0.3 is 9.47 Å². The van der Waals surface area contributed by atoms with Crippen molar-refractivity contribution in [3.05, 3.63) is 58.9 Å². The molecule has 0 saturated carbocycles. The second-order valence-electron chi connectivity index (χ2n) is 5.77. The van der Waals surface area contributed by atoms with Gasteiger partial charge in [-0.05, 0) is 50.2 Å². The van der Waals surface area contributed by atoms with Gasteiger partial charge in [-0.15, -0.1) is 0 Å². The predicted octanol–water partition coefficient (Wildman–Crippen LogP) is 3.31. The maximum atomic E-state index is 12.9. The zero-order chi connectivity index (χ0) is 17.8. The van der Waals surface area contributed by atoms with Crippen LogP contribution in [0.2, 0.25) is 0 Å². The monoisotopic (exact) mass is 342 g/mol. The van der Waals surface area contributed by atoms with Crippen LogP contribution in [0.15, 0.2) is 41.5 Å². The van der Waals surface area contributed by atoms with Crippen molar-refractivity contribution in [1.29, 1.82) is 0 Å². The average Bonchev–Trinajstić information content (AvgIpc) is 2.94. The number of nitrogens with one attached hydrogen (secondary N) is 1. The van der Waals surface area contributed by atoms with Crippen LogP contribution >= 0.6 is 0 Å². The van der Waals surface area contributed by atoms with E-state index in [1.165, 1.54) is 30.5 Å². The summed E-state index contributed by atoms with van der Waals surface area (Å²) in [4.78, 5) is 12.0. The molecule has 25 heavy (non-hydrogen) atoms. The van der Waals surface area contributed by atoms with Crippen molar-refractivity contribution in [2.45, 2.75) is 26.4 Å². The summed E-state index contributed by atoms with van der Waals surface area (Å²) in [7, 11) is 0. The third-order valence-corrected chi connectivity index (χ3v) is 3.80. The Morgan fingerprint density at radius 3 is 2.88 bits per heavy atom. The molecule has 5 nitrogen and oxygen atoms in total. The van der Waals surface area contributed by atoms with E-state index in [-0.39, 0.29) is 6.10 Å². The van der Waals surface area contributed by atoms with Gasteiger partial charge in [0.2, 0.25) is 0 Å². The Labute approximate surface area is 145 Å². The standard InChI is InChI=1S/C19H19FN2O3/c1-3-24-17-9-14-8-12(2)25-18(14)10-15(17)11-21-22-19(23)13-4-6-16(20)7-5-13/h4-7,9-12H,3,8H2,1-2H3,(H,22,23)/b21-11-/t12-/m1/s1. The quantitative estimate of drug-likeness (QED) is 0.670. The highest BCUT2D eigenvalue weighted by molar-refractivity contribution is 5.95. The first kappa shape index (κ1) is 17.0. The molecule has 1 heterocycles. The summed E-state index contributed by atoms with van der Waals surface area (Å²) >= 11 is 0. The summed E-state index contributed by atoms with van der Waals surface area (Å²) in [5.41, 5.74) is 4.57. The molecule has 3 rings (SSSR count). The Kier molecular flexibility index (Phi) is 4.97. The lowest BCUT2D eigenvalue weighted by atomic mass is 10.1. The van der Waals surface area contributed by atoms with E-state index < -0.39 is 11.7 Å². The number of carbonyl (C=O) groups is 1. The maximum Gasteiger partial charge on any atom is 0.271 e. The van der Waals surface area contributed by atoms with Crippen molar-refractivity contribution in [2.75, 3.05) is 6.61 Å². The molecular formula is C19H19FN2O3. The van der Waals surface area contributed by atoms with E-state index >= 15 is 0 Å². The summed E-state index contributed by atoms with van der Waals surface area (Å²) in [5.74, 6) is 0.690. The van der Waals surface area contributed by atoms with Crippen LogP contribution in [0.1, 0.15) is 35.3 Å². The lowest BCUT2D eigenvalue weighted by molar-refractivity contribution is 0.0955. The van der Waals surface area contributed by atoms with E-state index in [0.717, 1.165) is 17.7 Å². The van der Waals surface area contributed by atoms with Crippen molar-refractivity contribution in [1.82, 2.24) is 5.43 Å². The number of amides is 1. The molecule has 0 fully saturated rings. The summed E-state index contributed by atoms with van der Waals surface area (Å²) in [6.45, 7) is 4.44. The molecular weight excluding hydrogens is 323 g/mol. The molecule has 1 atom stereocenters. The summed E-state index contributed by atoms with van der Waals surface area (Å²) in [6.07, 6.45) is 2.49. The van der Waals surface area contributed by atoms with Gasteiger partial charge >= 0.3 is 0 Å². The second-order valence-corrected chi connectivity index (χ2v) is 5.77. The number of halogens is 1. The van der Waals surface area contributed by atoms with Gasteiger partial charge in [0.25, 0.3) is 5.91 Å². The van der Waals surface area contributed by atoms with Crippen LogP contribution < -0.4 is 14.9 Å². The molecule has 0 spiro atoms. The molecule has 1 aliphatic rings. The average molecular weight is 342 g/mol. The van der Waals surface area contributed by atoms with Crippen molar-refractivity contribution in [3.63, 3.8) is 0 Å². The fraction of sp³-hybridized carbons (Fsp3) is 0.263. The molecule has 0 unspecified atom stereocenters. The first-order valence-electron chi connectivity index (χ1n) is 8.12. The maximum absolute atomic E-state index is 12.9. The molecule has 130 valence electrons. The van der Waals surface area contributed by atoms with E-state index in [1.807, 2.05) is 26.0 Å². The smallest absolute Gasteiger partial charge is 0.271 e. The molecule has 2 aromatic rings. The lowest BCUT2D eigenvalue weighted by Crippen LogP contribution is -2.17. The Hall–Kier alpha value is -2.89. The second kappa shape index (κ2) is 7.34. The fourth-order valence-corrected chi connectivity index (χ4v) is 2.66. The van der Waals surface area contributed by atoms with Gasteiger partial charge in [0.1, 0.15) is 23.4 Å². The Bertz CT molecular complexity index is 803. The first-order chi connectivity index (χ1) is 12.1. The van der Waals surface area contributed by atoms with Gasteiger partial charge in [0.05, 0.1) is 12.8 Å². The predicted molar refractivity (Wildman–Crippen MR) is 92.9 cm³/mol. The van der Waals surface area contributed by atoms with E-state index in [4.69, 9.17) is 9.47 Å². The van der Waals surface area contributed by atoms with E-state index in [9.17, 15) is 9.18 Å². The van der Waals surface area contributed by atoms with Gasteiger partial charge in [0, 0.05) is 23.1 Å². The number of hydrazone groups is 1. The third-order valence-electron chi connectivity index (χ3n) is 3.80. The van der Waals surface area contributed by atoms with Crippen LogP contribution in [-0.2, 0) is 6.42 Å². The van der Waals surface area contributed by atoms with Crippen LogP contribution in [0.3, 0.4) is 0 Å². The zero-order valence-electron chi connectivity index (χ0n) is 14.1. The van der Waals surface area contributed by atoms with Crippen LogP contribution in [0.4, 0.5) is 4.39 Å². The molecule has 1 aliphatic heterocycles. The molecule has 6 heteroatoms. The van der Waals surface area contributed by atoms with Gasteiger partial charge in [-0.3, -0.25) is 4.79 Å². The number of fused-ring (bicyclic) bond motifs is 1. The Balaban J connectivity index is 1.75. The van der Waals surface area contributed by atoms with E-state index in [1.54, 1.807) is 0 Å². The van der Waals surface area contributed by atoms with Crippen molar-refractivity contribution in [2.24, 2.45) is 5.10 Å². The molecule has 0 saturated heterocycles. The number of nitrogens with zero attached hydrogens (tertiary/aromatic N) is 1.